The molecular formula is C12H17N5OS. The molecule has 0 amide bonds. The normalized spacial score (nSPS) is 12.4. The van der Waals surface area contributed by atoms with Gasteiger partial charge in [0.25, 0.3) is 0 Å². The van der Waals surface area contributed by atoms with Crippen molar-refractivity contribution in [3.8, 4) is 0 Å². The number of anilines is 2. The number of hydrogen-bond donors (Lipinski definition) is 2. The predicted octanol–water partition coefficient (Wildman–Crippen LogP) is 2.56. The Labute approximate surface area is 116 Å². The van der Waals surface area contributed by atoms with Crippen LogP contribution in [0, 0.1) is 13.8 Å². The third kappa shape index (κ3) is 2.98. The average molecular weight is 279 g/mol. The van der Waals surface area contributed by atoms with Crippen LogP contribution in [-0.2, 0) is 0 Å². The highest BCUT2D eigenvalue weighted by molar-refractivity contribution is 7.98. The summed E-state index contributed by atoms with van der Waals surface area (Å²) in [5.74, 6) is 1.96. The molecule has 0 saturated heterocycles. The second-order valence-corrected chi connectivity index (χ2v) is 5.04. The van der Waals surface area contributed by atoms with Crippen LogP contribution in [0.1, 0.15) is 30.0 Å². The molecule has 0 spiro atoms. The Morgan fingerprint density at radius 1 is 1.37 bits per heavy atom. The quantitative estimate of drug-likeness (QED) is 0.656. The van der Waals surface area contributed by atoms with Crippen molar-refractivity contribution in [1.29, 1.82) is 0 Å². The molecule has 19 heavy (non-hydrogen) atoms. The summed E-state index contributed by atoms with van der Waals surface area (Å²) in [5.41, 5.74) is 7.68. The van der Waals surface area contributed by atoms with Gasteiger partial charge < -0.3 is 15.6 Å². The number of aromatic nitrogens is 3. The molecule has 0 fully saturated rings. The van der Waals surface area contributed by atoms with Gasteiger partial charge in [0.2, 0.25) is 0 Å². The first-order chi connectivity index (χ1) is 9.01. The smallest absolute Gasteiger partial charge is 0.191 e. The van der Waals surface area contributed by atoms with Crippen LogP contribution in [-0.4, -0.2) is 21.4 Å². The molecule has 0 aliphatic heterocycles. The molecule has 2 heterocycles. The second kappa shape index (κ2) is 5.48. The molecular weight excluding hydrogens is 262 g/mol. The summed E-state index contributed by atoms with van der Waals surface area (Å²) in [6.07, 6.45) is 1.91. The number of nitrogens with zero attached hydrogens (tertiary/aromatic N) is 3. The highest BCUT2D eigenvalue weighted by atomic mass is 32.2. The standard InChI is InChI=1S/C12H17N5OS/c1-6(11-7(2)17-18-8(11)3)14-10-5-9(13)15-12(16-10)19-4/h5-6H,1-4H3,(H3,13,14,15,16). The van der Waals surface area contributed by atoms with Gasteiger partial charge in [-0.1, -0.05) is 16.9 Å². The van der Waals surface area contributed by atoms with Crippen molar-refractivity contribution in [2.75, 3.05) is 17.3 Å². The molecule has 2 aromatic heterocycles. The van der Waals surface area contributed by atoms with Crippen LogP contribution in [0.15, 0.2) is 15.7 Å². The van der Waals surface area contributed by atoms with E-state index >= 15 is 0 Å². The molecule has 1 atom stereocenters. The fourth-order valence-corrected chi connectivity index (χ4v) is 2.40. The minimum absolute atomic E-state index is 0.0373. The zero-order valence-electron chi connectivity index (χ0n) is 11.4. The van der Waals surface area contributed by atoms with Crippen molar-refractivity contribution in [1.82, 2.24) is 15.1 Å². The Kier molecular flexibility index (Phi) is 3.94. The summed E-state index contributed by atoms with van der Waals surface area (Å²) in [7, 11) is 0. The van der Waals surface area contributed by atoms with Gasteiger partial charge in [0.05, 0.1) is 11.7 Å². The lowest BCUT2D eigenvalue weighted by molar-refractivity contribution is 0.392. The van der Waals surface area contributed by atoms with Crippen LogP contribution >= 0.6 is 11.8 Å². The van der Waals surface area contributed by atoms with Gasteiger partial charge in [0.1, 0.15) is 17.4 Å². The molecule has 0 radical (unpaired) electrons. The Morgan fingerprint density at radius 2 is 2.11 bits per heavy atom. The van der Waals surface area contributed by atoms with Gasteiger partial charge in [0.15, 0.2) is 5.16 Å². The third-order valence-corrected chi connectivity index (χ3v) is 3.34. The van der Waals surface area contributed by atoms with Crippen molar-refractivity contribution in [3.63, 3.8) is 0 Å². The molecule has 1 unspecified atom stereocenters. The Morgan fingerprint density at radius 3 is 2.68 bits per heavy atom. The third-order valence-electron chi connectivity index (χ3n) is 2.79. The second-order valence-electron chi connectivity index (χ2n) is 4.27. The van der Waals surface area contributed by atoms with E-state index in [0.717, 1.165) is 17.0 Å². The van der Waals surface area contributed by atoms with Gasteiger partial charge in [-0.2, -0.15) is 0 Å². The lowest BCUT2D eigenvalue weighted by Gasteiger charge is -2.15. The van der Waals surface area contributed by atoms with E-state index in [1.807, 2.05) is 27.0 Å². The molecule has 2 rings (SSSR count). The number of aryl methyl sites for hydroxylation is 2. The number of rotatable bonds is 4. The van der Waals surface area contributed by atoms with E-state index in [9.17, 15) is 0 Å². The van der Waals surface area contributed by atoms with Crippen molar-refractivity contribution in [2.45, 2.75) is 32.0 Å². The summed E-state index contributed by atoms with van der Waals surface area (Å²) in [4.78, 5) is 8.49. The molecule has 102 valence electrons. The van der Waals surface area contributed by atoms with Gasteiger partial charge in [-0.3, -0.25) is 0 Å². The van der Waals surface area contributed by atoms with E-state index in [1.54, 1.807) is 6.07 Å². The molecule has 2 aromatic rings. The van der Waals surface area contributed by atoms with Crippen LogP contribution < -0.4 is 11.1 Å². The minimum atomic E-state index is 0.0373. The number of thioether (sulfide) groups is 1. The maximum Gasteiger partial charge on any atom is 0.191 e. The van der Waals surface area contributed by atoms with E-state index in [4.69, 9.17) is 10.3 Å². The molecule has 3 N–H and O–H groups in total. The van der Waals surface area contributed by atoms with Crippen molar-refractivity contribution in [2.24, 2.45) is 0 Å². The van der Waals surface area contributed by atoms with E-state index in [-0.39, 0.29) is 6.04 Å². The molecule has 6 nitrogen and oxygen atoms in total. The number of nitrogens with two attached hydrogens (primary N) is 1. The van der Waals surface area contributed by atoms with Crippen LogP contribution in [0.2, 0.25) is 0 Å². The van der Waals surface area contributed by atoms with E-state index in [0.29, 0.717) is 16.8 Å². The van der Waals surface area contributed by atoms with Gasteiger partial charge in [-0.05, 0) is 27.0 Å². The van der Waals surface area contributed by atoms with Crippen molar-refractivity contribution in [3.05, 3.63) is 23.1 Å². The first kappa shape index (κ1) is 13.7. The molecule has 0 aromatic carbocycles. The van der Waals surface area contributed by atoms with Crippen LogP contribution in [0.5, 0.6) is 0 Å². The molecule has 0 saturated carbocycles. The first-order valence-electron chi connectivity index (χ1n) is 5.89. The van der Waals surface area contributed by atoms with Crippen LogP contribution in [0.3, 0.4) is 0 Å². The lowest BCUT2D eigenvalue weighted by Crippen LogP contribution is -2.10. The largest absolute Gasteiger partial charge is 0.383 e. The van der Waals surface area contributed by atoms with Crippen molar-refractivity contribution >= 4 is 23.4 Å². The van der Waals surface area contributed by atoms with Gasteiger partial charge in [-0.25, -0.2) is 9.97 Å². The Balaban J connectivity index is 2.24. The Bertz CT molecular complexity index is 564. The van der Waals surface area contributed by atoms with E-state index < -0.39 is 0 Å². The zero-order chi connectivity index (χ0) is 14.0. The molecule has 0 aliphatic rings. The van der Waals surface area contributed by atoms with E-state index in [2.05, 4.69) is 20.4 Å². The van der Waals surface area contributed by atoms with Crippen LogP contribution in [0.4, 0.5) is 11.6 Å². The molecule has 7 heteroatoms. The fourth-order valence-electron chi connectivity index (χ4n) is 2.01. The predicted molar refractivity (Wildman–Crippen MR) is 76.2 cm³/mol. The van der Waals surface area contributed by atoms with E-state index in [1.165, 1.54) is 11.8 Å². The Hall–Kier alpha value is -1.76. The number of hydrogen-bond acceptors (Lipinski definition) is 7. The summed E-state index contributed by atoms with van der Waals surface area (Å²) < 4.78 is 5.17. The summed E-state index contributed by atoms with van der Waals surface area (Å²) in [6, 6.07) is 1.75. The molecule has 0 bridgehead atoms. The molecule has 0 aliphatic carbocycles. The lowest BCUT2D eigenvalue weighted by atomic mass is 10.1. The topological polar surface area (TPSA) is 89.9 Å². The van der Waals surface area contributed by atoms with Gasteiger partial charge >= 0.3 is 0 Å². The maximum atomic E-state index is 5.75. The van der Waals surface area contributed by atoms with Crippen LogP contribution in [0.25, 0.3) is 0 Å². The van der Waals surface area contributed by atoms with Gasteiger partial charge in [-0.15, -0.1) is 0 Å². The highest BCUT2D eigenvalue weighted by Gasteiger charge is 2.17. The zero-order valence-corrected chi connectivity index (χ0v) is 12.2. The minimum Gasteiger partial charge on any atom is -0.383 e. The SMILES string of the molecule is CSc1nc(N)cc(NC(C)c2c(C)noc2C)n1. The van der Waals surface area contributed by atoms with Crippen molar-refractivity contribution < 1.29 is 4.52 Å². The van der Waals surface area contributed by atoms with Gasteiger partial charge in [0, 0.05) is 11.6 Å². The number of nitrogens with one attached hydrogen (secondary N) is 1. The summed E-state index contributed by atoms with van der Waals surface area (Å²) in [6.45, 7) is 5.85. The summed E-state index contributed by atoms with van der Waals surface area (Å²) in [5, 5.41) is 7.90. The average Bonchev–Trinajstić information content (AvgIpc) is 2.68. The monoisotopic (exact) mass is 279 g/mol. The highest BCUT2D eigenvalue weighted by Crippen LogP contribution is 2.25. The fraction of sp³-hybridized carbons (Fsp3) is 0.417. The maximum absolute atomic E-state index is 5.75. The first-order valence-corrected chi connectivity index (χ1v) is 7.11. The summed E-state index contributed by atoms with van der Waals surface area (Å²) >= 11 is 1.45. The number of nitrogen functional groups attached to an aromatic ring is 1.